The fourth-order valence-electron chi connectivity index (χ4n) is 2.29. The third-order valence-electron chi connectivity index (χ3n) is 3.40. The third kappa shape index (κ3) is 3.78. The molecule has 1 aromatic heterocycles. The van der Waals surface area contributed by atoms with Crippen LogP contribution in [-0.2, 0) is 24.2 Å². The maximum Gasteiger partial charge on any atom is 0.203 e. The summed E-state index contributed by atoms with van der Waals surface area (Å²) in [6.07, 6.45) is 9.50. The zero-order chi connectivity index (χ0) is 13.5. The molecule has 0 aliphatic carbocycles. The Morgan fingerprint density at radius 1 is 1.21 bits per heavy atom. The normalized spacial score (nSPS) is 10.6. The van der Waals surface area contributed by atoms with E-state index in [0.29, 0.717) is 6.42 Å². The molecular weight excluding hydrogens is 236 g/mol. The fourth-order valence-corrected chi connectivity index (χ4v) is 2.29. The van der Waals surface area contributed by atoms with Crippen molar-refractivity contribution in [2.24, 2.45) is 0 Å². The number of imidazole rings is 1. The van der Waals surface area contributed by atoms with E-state index < -0.39 is 0 Å². The van der Waals surface area contributed by atoms with Gasteiger partial charge in [-0.05, 0) is 37.3 Å². The summed E-state index contributed by atoms with van der Waals surface area (Å²) >= 11 is 0. The van der Waals surface area contributed by atoms with Gasteiger partial charge in [0, 0.05) is 25.4 Å². The largest absolute Gasteiger partial charge is 0.335 e. The van der Waals surface area contributed by atoms with E-state index in [1.807, 2.05) is 43.8 Å². The van der Waals surface area contributed by atoms with E-state index in [9.17, 15) is 4.79 Å². The number of aromatic nitrogens is 2. The van der Waals surface area contributed by atoms with Crippen molar-refractivity contribution in [2.75, 3.05) is 0 Å². The molecule has 0 aliphatic heterocycles. The average Bonchev–Trinajstić information content (AvgIpc) is 2.82. The highest BCUT2D eigenvalue weighted by Gasteiger charge is 2.02. The van der Waals surface area contributed by atoms with Crippen molar-refractivity contribution in [3.63, 3.8) is 0 Å². The monoisotopic (exact) mass is 255 g/mol. The summed E-state index contributed by atoms with van der Waals surface area (Å²) < 4.78 is 2.17. The Morgan fingerprint density at radius 3 is 2.68 bits per heavy atom. The minimum absolute atomic E-state index is 0.400. The first-order valence-electron chi connectivity index (χ1n) is 6.71. The van der Waals surface area contributed by atoms with Gasteiger partial charge >= 0.3 is 0 Å². The molecule has 0 saturated heterocycles. The van der Waals surface area contributed by atoms with Crippen LogP contribution in [0.1, 0.15) is 29.8 Å². The second-order valence-corrected chi connectivity index (χ2v) is 4.71. The van der Waals surface area contributed by atoms with Crippen LogP contribution in [0.5, 0.6) is 0 Å². The highest BCUT2D eigenvalue weighted by molar-refractivity contribution is 5.57. The van der Waals surface area contributed by atoms with Gasteiger partial charge in [-0.15, -0.1) is 0 Å². The van der Waals surface area contributed by atoms with Crippen LogP contribution in [0.2, 0.25) is 0 Å². The molecule has 2 aromatic rings. The van der Waals surface area contributed by atoms with E-state index in [0.717, 1.165) is 37.2 Å². The van der Waals surface area contributed by atoms with Crippen molar-refractivity contribution in [1.29, 1.82) is 0 Å². The molecule has 0 bridgehead atoms. The first-order chi connectivity index (χ1) is 9.31. The first kappa shape index (κ1) is 13.5. The molecule has 0 amide bonds. The van der Waals surface area contributed by atoms with Gasteiger partial charge in [-0.3, -0.25) is 4.79 Å². The number of nitrogens with zero attached hydrogens (tertiary/aromatic N) is 2. The van der Waals surface area contributed by atoms with E-state index in [-0.39, 0.29) is 0 Å². The summed E-state index contributed by atoms with van der Waals surface area (Å²) in [6.45, 7) is 3.03. The molecule has 99 valence electrons. The van der Waals surface area contributed by atoms with E-state index in [1.54, 1.807) is 0 Å². The predicted octanol–water partition coefficient (Wildman–Crippen LogP) is 2.87. The lowest BCUT2D eigenvalue weighted by atomic mass is 10.00. The van der Waals surface area contributed by atoms with Gasteiger partial charge in [0.25, 0.3) is 0 Å². The van der Waals surface area contributed by atoms with Crippen LogP contribution in [0.25, 0.3) is 0 Å². The second-order valence-electron chi connectivity index (χ2n) is 4.71. The number of benzene rings is 1. The number of hydrogen-bond acceptors (Lipinski definition) is 2. The molecule has 1 aromatic carbocycles. The van der Waals surface area contributed by atoms with Gasteiger partial charge in [0.2, 0.25) is 6.29 Å². The van der Waals surface area contributed by atoms with E-state index in [4.69, 9.17) is 0 Å². The van der Waals surface area contributed by atoms with Gasteiger partial charge in [-0.2, -0.15) is 0 Å². The molecule has 2 rings (SSSR count). The Kier molecular flexibility index (Phi) is 4.90. The summed E-state index contributed by atoms with van der Waals surface area (Å²) in [5.74, 6) is 1.07. The average molecular weight is 255 g/mol. The zero-order valence-corrected chi connectivity index (χ0v) is 11.3. The van der Waals surface area contributed by atoms with E-state index >= 15 is 0 Å². The van der Waals surface area contributed by atoms with Crippen LogP contribution in [0.15, 0.2) is 36.7 Å². The molecule has 0 N–H and O–H groups in total. The number of carbonyl (C=O) groups excluding carboxylic acids is 1. The van der Waals surface area contributed by atoms with E-state index in [1.165, 1.54) is 5.56 Å². The molecular formula is C16H19N2O. The molecule has 0 fully saturated rings. The minimum atomic E-state index is 0.400. The van der Waals surface area contributed by atoms with E-state index in [2.05, 4.69) is 15.6 Å². The topological polar surface area (TPSA) is 34.9 Å². The summed E-state index contributed by atoms with van der Waals surface area (Å²) in [7, 11) is 0. The Labute approximate surface area is 114 Å². The number of aryl methyl sites for hydroxylation is 3. The Morgan fingerprint density at radius 2 is 2.00 bits per heavy atom. The lowest BCUT2D eigenvalue weighted by molar-refractivity contribution is 0.554. The van der Waals surface area contributed by atoms with Crippen LogP contribution >= 0.6 is 0 Å². The predicted molar refractivity (Wildman–Crippen MR) is 75.7 cm³/mol. The van der Waals surface area contributed by atoms with Crippen molar-refractivity contribution in [3.8, 4) is 0 Å². The van der Waals surface area contributed by atoms with Crippen molar-refractivity contribution in [3.05, 3.63) is 53.6 Å². The molecule has 0 unspecified atom stereocenters. The third-order valence-corrected chi connectivity index (χ3v) is 3.40. The lowest BCUT2D eigenvalue weighted by Crippen LogP contribution is -2.01. The standard InChI is InChI=1S/C16H19N2O/c1-14-17-10-12-18(14)11-5-4-8-15-6-2-3-7-16(15)9-13-19/h2-3,6-7,10,12H,4-5,8-9,11H2,1H3. The molecule has 3 nitrogen and oxygen atoms in total. The smallest absolute Gasteiger partial charge is 0.203 e. The molecule has 19 heavy (non-hydrogen) atoms. The Hall–Kier alpha value is -1.90. The first-order valence-corrected chi connectivity index (χ1v) is 6.71. The van der Waals surface area contributed by atoms with Gasteiger partial charge in [-0.25, -0.2) is 4.98 Å². The van der Waals surface area contributed by atoms with Gasteiger partial charge < -0.3 is 4.57 Å². The molecule has 1 radical (unpaired) electrons. The molecule has 0 spiro atoms. The maximum atomic E-state index is 10.5. The van der Waals surface area contributed by atoms with Gasteiger partial charge in [0.15, 0.2) is 0 Å². The van der Waals surface area contributed by atoms with Crippen LogP contribution < -0.4 is 0 Å². The van der Waals surface area contributed by atoms with Gasteiger partial charge in [0.05, 0.1) is 0 Å². The Bertz CT molecular complexity index is 531. The molecule has 3 heteroatoms. The minimum Gasteiger partial charge on any atom is -0.335 e. The number of unbranched alkanes of at least 4 members (excludes halogenated alkanes) is 1. The zero-order valence-electron chi connectivity index (χ0n) is 11.3. The number of hydrogen-bond donors (Lipinski definition) is 0. The lowest BCUT2D eigenvalue weighted by Gasteiger charge is -2.08. The van der Waals surface area contributed by atoms with Gasteiger partial charge in [-0.1, -0.05) is 24.3 Å². The van der Waals surface area contributed by atoms with Crippen LogP contribution in [0.4, 0.5) is 0 Å². The molecule has 0 atom stereocenters. The number of rotatable bonds is 7. The highest BCUT2D eigenvalue weighted by atomic mass is 16.1. The molecule has 0 aliphatic rings. The van der Waals surface area contributed by atoms with Crippen LogP contribution in [-0.4, -0.2) is 15.8 Å². The summed E-state index contributed by atoms with van der Waals surface area (Å²) in [4.78, 5) is 14.7. The fraction of sp³-hybridized carbons (Fsp3) is 0.375. The van der Waals surface area contributed by atoms with Crippen LogP contribution in [0, 0.1) is 6.92 Å². The van der Waals surface area contributed by atoms with Crippen molar-refractivity contribution < 1.29 is 4.79 Å². The van der Waals surface area contributed by atoms with Gasteiger partial charge in [0.1, 0.15) is 5.82 Å². The maximum absolute atomic E-state index is 10.5. The summed E-state index contributed by atoms with van der Waals surface area (Å²) in [5.41, 5.74) is 2.38. The summed E-state index contributed by atoms with van der Waals surface area (Å²) in [6, 6.07) is 8.13. The molecule has 1 heterocycles. The van der Waals surface area contributed by atoms with Crippen molar-refractivity contribution >= 4 is 6.29 Å². The second kappa shape index (κ2) is 6.88. The Balaban J connectivity index is 1.82. The van der Waals surface area contributed by atoms with Crippen LogP contribution in [0.3, 0.4) is 0 Å². The van der Waals surface area contributed by atoms with Crippen molar-refractivity contribution in [1.82, 2.24) is 9.55 Å². The van der Waals surface area contributed by atoms with Crippen molar-refractivity contribution in [2.45, 2.75) is 39.2 Å². The highest BCUT2D eigenvalue weighted by Crippen LogP contribution is 2.13. The molecule has 0 saturated carbocycles. The SMILES string of the molecule is Cc1nccn1CCCCc1ccccc1C[C]=O. The quantitative estimate of drug-likeness (QED) is 0.713. The summed E-state index contributed by atoms with van der Waals surface area (Å²) in [5, 5.41) is 0.